The summed E-state index contributed by atoms with van der Waals surface area (Å²) < 4.78 is 36.7. The van der Waals surface area contributed by atoms with E-state index in [0.29, 0.717) is 13.1 Å². The van der Waals surface area contributed by atoms with Gasteiger partial charge in [0.05, 0.1) is 6.04 Å². The fourth-order valence-corrected chi connectivity index (χ4v) is 4.61. The predicted molar refractivity (Wildman–Crippen MR) is 110 cm³/mol. The van der Waals surface area contributed by atoms with E-state index in [4.69, 9.17) is 0 Å². The third kappa shape index (κ3) is 6.02. The van der Waals surface area contributed by atoms with Crippen LogP contribution in [0.1, 0.15) is 24.4 Å². The molecule has 156 valence electrons. The molecule has 1 aliphatic heterocycles. The van der Waals surface area contributed by atoms with E-state index in [2.05, 4.69) is 10.6 Å². The minimum Gasteiger partial charge on any atom is -0.353 e. The van der Waals surface area contributed by atoms with Gasteiger partial charge in [-0.15, -0.1) is 24.8 Å². The van der Waals surface area contributed by atoms with Gasteiger partial charge in [-0.05, 0) is 57.7 Å². The Balaban J connectivity index is 0.00000338. The molecule has 0 bridgehead atoms. The van der Waals surface area contributed by atoms with Gasteiger partial charge in [0.25, 0.3) is 0 Å². The van der Waals surface area contributed by atoms with E-state index < -0.39 is 20.5 Å². The molecule has 1 saturated heterocycles. The maximum absolute atomic E-state index is 13.5. The molecular weight excluding hydrogens is 416 g/mol. The summed E-state index contributed by atoms with van der Waals surface area (Å²) >= 11 is 0. The van der Waals surface area contributed by atoms with Gasteiger partial charge in [0.1, 0.15) is 5.82 Å². The van der Waals surface area contributed by atoms with E-state index in [1.165, 1.54) is 12.1 Å². The van der Waals surface area contributed by atoms with Crippen LogP contribution in [-0.2, 0) is 14.6 Å². The first-order chi connectivity index (χ1) is 11.7. The molecule has 0 radical (unpaired) electrons. The smallest absolute Gasteiger partial charge is 0.241 e. The van der Waals surface area contributed by atoms with E-state index in [1.54, 1.807) is 12.1 Å². The number of piperidine rings is 1. The van der Waals surface area contributed by atoms with Crippen LogP contribution in [0, 0.1) is 5.82 Å². The Labute approximate surface area is 173 Å². The molecule has 1 fully saturated rings. The molecular formula is C17H28Cl2FN3O3S. The first-order valence-electron chi connectivity index (χ1n) is 8.28. The van der Waals surface area contributed by atoms with Gasteiger partial charge in [0.2, 0.25) is 5.91 Å². The molecule has 10 heteroatoms. The lowest BCUT2D eigenvalue weighted by Gasteiger charge is -2.35. The van der Waals surface area contributed by atoms with E-state index in [9.17, 15) is 17.6 Å². The van der Waals surface area contributed by atoms with Gasteiger partial charge in [0, 0.05) is 12.8 Å². The number of carbonyl (C=O) groups excluding carboxylic acids is 1. The molecule has 1 aliphatic rings. The Hall–Kier alpha value is -0.930. The number of benzene rings is 1. The molecule has 1 amide bonds. The van der Waals surface area contributed by atoms with Crippen LogP contribution in [0.15, 0.2) is 24.3 Å². The van der Waals surface area contributed by atoms with Crippen LogP contribution in [0.25, 0.3) is 0 Å². The normalized spacial score (nSPS) is 17.4. The maximum Gasteiger partial charge on any atom is 0.241 e. The average molecular weight is 444 g/mol. The second kappa shape index (κ2) is 10.6. The van der Waals surface area contributed by atoms with Crippen molar-refractivity contribution in [3.63, 3.8) is 0 Å². The van der Waals surface area contributed by atoms with E-state index in [0.717, 1.165) is 11.8 Å². The van der Waals surface area contributed by atoms with Gasteiger partial charge in [-0.3, -0.25) is 4.79 Å². The maximum atomic E-state index is 13.5. The van der Waals surface area contributed by atoms with Crippen molar-refractivity contribution in [3.05, 3.63) is 35.6 Å². The molecule has 0 saturated carbocycles. The van der Waals surface area contributed by atoms with E-state index in [1.807, 2.05) is 19.0 Å². The summed E-state index contributed by atoms with van der Waals surface area (Å²) in [4.78, 5) is 14.6. The number of hydrogen-bond donors (Lipinski definition) is 2. The van der Waals surface area contributed by atoms with Crippen molar-refractivity contribution >= 4 is 40.6 Å². The zero-order chi connectivity index (χ0) is 18.7. The van der Waals surface area contributed by atoms with Crippen LogP contribution in [0.4, 0.5) is 4.39 Å². The van der Waals surface area contributed by atoms with Gasteiger partial charge < -0.3 is 15.5 Å². The number of nitrogens with one attached hydrogen (secondary N) is 2. The Bertz CT molecular complexity index is 726. The zero-order valence-corrected chi connectivity index (χ0v) is 18.1. The van der Waals surface area contributed by atoms with Gasteiger partial charge in [-0.25, -0.2) is 12.8 Å². The SMILES string of the molecule is CN(C)C(CNC(=O)C1(S(C)(=O)=O)CCNCC1)c1cccc(F)c1.Cl.Cl. The average Bonchev–Trinajstić information content (AvgIpc) is 2.54. The summed E-state index contributed by atoms with van der Waals surface area (Å²) in [5.74, 6) is -0.818. The third-order valence-corrected chi connectivity index (χ3v) is 6.86. The van der Waals surface area contributed by atoms with Gasteiger partial charge in [-0.1, -0.05) is 12.1 Å². The fraction of sp³-hybridized carbons (Fsp3) is 0.588. The molecule has 0 aromatic heterocycles. The first kappa shape index (κ1) is 26.1. The zero-order valence-electron chi connectivity index (χ0n) is 15.7. The molecule has 1 aromatic rings. The second-order valence-corrected chi connectivity index (χ2v) is 9.09. The largest absolute Gasteiger partial charge is 0.353 e. The first-order valence-corrected chi connectivity index (χ1v) is 10.2. The fourth-order valence-electron chi connectivity index (χ4n) is 3.26. The Morgan fingerprint density at radius 3 is 2.37 bits per heavy atom. The summed E-state index contributed by atoms with van der Waals surface area (Å²) in [7, 11) is 0.112. The minimum atomic E-state index is -3.55. The van der Waals surface area contributed by atoms with Crippen LogP contribution < -0.4 is 10.6 Å². The highest BCUT2D eigenvalue weighted by molar-refractivity contribution is 7.92. The van der Waals surface area contributed by atoms with Crippen molar-refractivity contribution in [2.75, 3.05) is 40.0 Å². The standard InChI is InChI=1S/C17H26FN3O3S.2ClH/c1-21(2)15(13-5-4-6-14(18)11-13)12-20-16(22)17(25(3,23)24)7-9-19-10-8-17;;/h4-6,11,15,19H,7-10,12H2,1-3H3,(H,20,22);2*1H. The topological polar surface area (TPSA) is 78.5 Å². The number of sulfone groups is 1. The van der Waals surface area contributed by atoms with Crippen LogP contribution in [0.2, 0.25) is 0 Å². The summed E-state index contributed by atoms with van der Waals surface area (Å²) in [6.45, 7) is 1.18. The molecule has 6 nitrogen and oxygen atoms in total. The number of halogens is 3. The lowest BCUT2D eigenvalue weighted by atomic mass is 9.95. The van der Waals surface area contributed by atoms with E-state index >= 15 is 0 Å². The van der Waals surface area contributed by atoms with Gasteiger partial charge >= 0.3 is 0 Å². The lowest BCUT2D eigenvalue weighted by molar-refractivity contribution is -0.124. The summed E-state index contributed by atoms with van der Waals surface area (Å²) in [5, 5.41) is 5.88. The van der Waals surface area contributed by atoms with Crippen LogP contribution in [-0.4, -0.2) is 64.0 Å². The molecule has 0 spiro atoms. The van der Waals surface area contributed by atoms with Crippen molar-refractivity contribution in [1.29, 1.82) is 0 Å². The number of amides is 1. The Morgan fingerprint density at radius 2 is 1.89 bits per heavy atom. The monoisotopic (exact) mass is 443 g/mol. The highest BCUT2D eigenvalue weighted by Crippen LogP contribution is 2.28. The summed E-state index contributed by atoms with van der Waals surface area (Å²) in [5.41, 5.74) is 0.726. The molecule has 1 aromatic carbocycles. The molecule has 1 unspecified atom stereocenters. The molecule has 1 heterocycles. The molecule has 1 atom stereocenters. The van der Waals surface area contributed by atoms with Crippen LogP contribution >= 0.6 is 24.8 Å². The van der Waals surface area contributed by atoms with Crippen molar-refractivity contribution in [2.45, 2.75) is 23.6 Å². The van der Waals surface area contributed by atoms with Crippen molar-refractivity contribution in [2.24, 2.45) is 0 Å². The van der Waals surface area contributed by atoms with Gasteiger partial charge in [0.15, 0.2) is 14.6 Å². The Kier molecular flexibility index (Phi) is 10.2. The lowest BCUT2D eigenvalue weighted by Crippen LogP contribution is -2.58. The second-order valence-electron chi connectivity index (χ2n) is 6.76. The molecule has 2 N–H and O–H groups in total. The van der Waals surface area contributed by atoms with Gasteiger partial charge in [-0.2, -0.15) is 0 Å². The van der Waals surface area contributed by atoms with Crippen molar-refractivity contribution in [1.82, 2.24) is 15.5 Å². The van der Waals surface area contributed by atoms with Crippen LogP contribution in [0.5, 0.6) is 0 Å². The highest BCUT2D eigenvalue weighted by atomic mass is 35.5. The molecule has 0 aliphatic carbocycles. The highest BCUT2D eigenvalue weighted by Gasteiger charge is 2.48. The summed E-state index contributed by atoms with van der Waals surface area (Å²) in [6, 6.07) is 5.94. The third-order valence-electron chi connectivity index (χ3n) is 4.85. The number of nitrogens with zero attached hydrogens (tertiary/aromatic N) is 1. The van der Waals surface area contributed by atoms with E-state index in [-0.39, 0.29) is 56.1 Å². The number of hydrogen-bond acceptors (Lipinski definition) is 5. The Morgan fingerprint density at radius 1 is 1.30 bits per heavy atom. The molecule has 2 rings (SSSR count). The summed E-state index contributed by atoms with van der Waals surface area (Å²) in [6.07, 6.45) is 1.63. The number of carbonyl (C=O) groups is 1. The van der Waals surface area contributed by atoms with Crippen molar-refractivity contribution in [3.8, 4) is 0 Å². The predicted octanol–water partition coefficient (Wildman–Crippen LogP) is 1.56. The molecule has 27 heavy (non-hydrogen) atoms. The number of likely N-dealkylation sites (N-methyl/N-ethyl adjacent to an activating group) is 1. The quantitative estimate of drug-likeness (QED) is 0.697. The minimum absolute atomic E-state index is 0. The number of rotatable bonds is 6. The van der Waals surface area contributed by atoms with Crippen LogP contribution in [0.3, 0.4) is 0 Å². The van der Waals surface area contributed by atoms with Crippen molar-refractivity contribution < 1.29 is 17.6 Å².